The first kappa shape index (κ1) is 35.3. The van der Waals surface area contributed by atoms with Crippen LogP contribution in [0.1, 0.15) is 38.8 Å². The van der Waals surface area contributed by atoms with E-state index in [2.05, 4.69) is 38.1 Å². The molecule has 0 bridgehead atoms. The van der Waals surface area contributed by atoms with Crippen LogP contribution in [0.2, 0.25) is 0 Å². The number of benzene rings is 6. The summed E-state index contributed by atoms with van der Waals surface area (Å²) in [6, 6.07) is 46.6. The van der Waals surface area contributed by atoms with E-state index in [1.54, 1.807) is 65.6 Å². The van der Waals surface area contributed by atoms with Gasteiger partial charge in [-0.15, -0.1) is 0 Å². The Hall–Kier alpha value is -5.54. The van der Waals surface area contributed by atoms with Crippen molar-refractivity contribution in [1.82, 2.24) is 0 Å². The van der Waals surface area contributed by atoms with Gasteiger partial charge in [-0.05, 0) is 89.0 Å². The highest BCUT2D eigenvalue weighted by molar-refractivity contribution is 7.88. The van der Waals surface area contributed by atoms with E-state index >= 15 is 0 Å². The van der Waals surface area contributed by atoms with E-state index in [9.17, 15) is 21.6 Å². The lowest BCUT2D eigenvalue weighted by Gasteiger charge is -2.31. The Morgan fingerprint density at radius 1 is 0.529 bits per heavy atom. The molecule has 6 aromatic carbocycles. The zero-order valence-electron chi connectivity index (χ0n) is 28.6. The van der Waals surface area contributed by atoms with E-state index in [-0.39, 0.29) is 11.1 Å². The maximum absolute atomic E-state index is 13.7. The summed E-state index contributed by atoms with van der Waals surface area (Å²) in [5.74, 6) is -0.480. The van der Waals surface area contributed by atoms with Gasteiger partial charge in [-0.2, -0.15) is 21.6 Å². The second-order valence-corrected chi connectivity index (χ2v) is 13.8. The molecular formula is C42H37F3N2O3S. The average Bonchev–Trinajstić information content (AvgIpc) is 3.37. The molecule has 0 saturated heterocycles. The zero-order chi connectivity index (χ0) is 36.4. The van der Waals surface area contributed by atoms with Gasteiger partial charge in [-0.25, -0.2) is 0 Å². The monoisotopic (exact) mass is 706 g/mol. The Balaban J connectivity index is 0.00000220. The minimum atomic E-state index is -6.00. The van der Waals surface area contributed by atoms with Gasteiger partial charge in [-0.3, -0.25) is 0 Å². The molecule has 0 radical (unpaired) electrons. The van der Waals surface area contributed by atoms with E-state index < -0.39 is 21.4 Å². The molecule has 0 saturated carbocycles. The van der Waals surface area contributed by atoms with Crippen LogP contribution in [-0.2, 0) is 15.5 Å². The highest BCUT2D eigenvalue weighted by Gasteiger charge is 2.49. The van der Waals surface area contributed by atoms with Crippen molar-refractivity contribution in [1.29, 1.82) is 0 Å². The first-order chi connectivity index (χ1) is 24.5. The smallest absolute Gasteiger partial charge is 0.374 e. The van der Waals surface area contributed by atoms with E-state index in [0.717, 1.165) is 22.5 Å². The average molecular weight is 707 g/mol. The van der Waals surface area contributed by atoms with Crippen molar-refractivity contribution >= 4 is 44.2 Å². The number of hydrogen-bond donors (Lipinski definition) is 0. The number of anilines is 6. The largest absolute Gasteiger partial charge is 0.534 e. The van der Waals surface area contributed by atoms with Crippen LogP contribution in [0.3, 0.4) is 0 Å². The first-order valence-electron chi connectivity index (χ1n) is 16.6. The number of para-hydroxylation sites is 3. The molecule has 0 aliphatic heterocycles. The summed E-state index contributed by atoms with van der Waals surface area (Å²) >= 11 is 0. The van der Waals surface area contributed by atoms with Gasteiger partial charge in [0.15, 0.2) is 5.75 Å². The standard InChI is InChI=1S/C40H31F3N2O3S.C2H6/c1-39(2)35-21-13-12-20-33(35)34-26-31(22-24-36(34)39)44(28-14-6-3-7-15-28)32-23-25-38(48-49(46,47)40(41,42)43)37(27-32)45(29-16-8-4-9-17-29)30-18-10-5-11-19-30;1-2/h3-27H,1-2H3;1-2H3. The molecule has 0 N–H and O–H groups in total. The van der Waals surface area contributed by atoms with Crippen molar-refractivity contribution in [3.8, 4) is 16.9 Å². The van der Waals surface area contributed by atoms with Crippen molar-refractivity contribution in [2.45, 2.75) is 38.6 Å². The lowest BCUT2D eigenvalue weighted by atomic mass is 9.82. The molecule has 1 aliphatic carbocycles. The maximum Gasteiger partial charge on any atom is 0.534 e. The van der Waals surface area contributed by atoms with Gasteiger partial charge in [0.1, 0.15) is 0 Å². The van der Waals surface area contributed by atoms with Crippen LogP contribution in [0.25, 0.3) is 11.1 Å². The number of nitrogens with zero attached hydrogens (tertiary/aromatic N) is 2. The third kappa shape index (κ3) is 6.69. The molecule has 0 unspecified atom stereocenters. The predicted molar refractivity (Wildman–Crippen MR) is 200 cm³/mol. The van der Waals surface area contributed by atoms with E-state index in [1.807, 2.05) is 79.4 Å². The Morgan fingerprint density at radius 2 is 0.980 bits per heavy atom. The molecule has 0 amide bonds. The van der Waals surface area contributed by atoms with E-state index in [1.165, 1.54) is 17.2 Å². The van der Waals surface area contributed by atoms with Gasteiger partial charge < -0.3 is 14.0 Å². The number of fused-ring (bicyclic) bond motifs is 3. The second-order valence-electron chi connectivity index (χ2n) is 12.2. The Morgan fingerprint density at radius 3 is 1.53 bits per heavy atom. The van der Waals surface area contributed by atoms with Crippen LogP contribution in [0, 0.1) is 0 Å². The minimum Gasteiger partial charge on any atom is -0.374 e. The predicted octanol–water partition coefficient (Wildman–Crippen LogP) is 12.2. The third-order valence-corrected chi connectivity index (χ3v) is 9.76. The first-order valence-corrected chi connectivity index (χ1v) is 18.0. The molecule has 9 heteroatoms. The third-order valence-electron chi connectivity index (χ3n) is 8.79. The molecule has 7 rings (SSSR count). The maximum atomic E-state index is 13.7. The van der Waals surface area contributed by atoms with Crippen molar-refractivity contribution in [2.24, 2.45) is 0 Å². The molecule has 0 atom stereocenters. The van der Waals surface area contributed by atoms with Gasteiger partial charge >= 0.3 is 15.6 Å². The van der Waals surface area contributed by atoms with Gasteiger partial charge in [0.05, 0.1) is 5.69 Å². The SMILES string of the molecule is CC.CC1(C)c2ccccc2-c2cc(N(c3ccccc3)c3ccc(OS(=O)(=O)C(F)(F)F)c(N(c4ccccc4)c4ccccc4)c3)ccc21. The molecule has 51 heavy (non-hydrogen) atoms. The van der Waals surface area contributed by atoms with Crippen molar-refractivity contribution in [2.75, 3.05) is 9.80 Å². The molecule has 1 aliphatic rings. The van der Waals surface area contributed by atoms with Crippen molar-refractivity contribution < 1.29 is 25.8 Å². The fourth-order valence-electron chi connectivity index (χ4n) is 6.51. The van der Waals surface area contributed by atoms with E-state index in [4.69, 9.17) is 4.18 Å². The summed E-state index contributed by atoms with van der Waals surface area (Å²) in [5, 5.41) is 0. The van der Waals surface area contributed by atoms with Crippen LogP contribution in [-0.4, -0.2) is 13.9 Å². The Kier molecular flexibility index (Phi) is 9.68. The molecule has 6 aromatic rings. The van der Waals surface area contributed by atoms with Crippen molar-refractivity contribution in [3.63, 3.8) is 0 Å². The number of halogens is 3. The van der Waals surface area contributed by atoms with Gasteiger partial charge in [0, 0.05) is 33.9 Å². The summed E-state index contributed by atoms with van der Waals surface area (Å²) < 4.78 is 70.8. The van der Waals surface area contributed by atoms with E-state index in [0.29, 0.717) is 17.1 Å². The zero-order valence-corrected chi connectivity index (χ0v) is 29.4. The summed E-state index contributed by atoms with van der Waals surface area (Å²) in [6.07, 6.45) is 0. The molecule has 260 valence electrons. The lowest BCUT2D eigenvalue weighted by Crippen LogP contribution is -2.28. The summed E-state index contributed by atoms with van der Waals surface area (Å²) in [7, 11) is -6.00. The highest BCUT2D eigenvalue weighted by Crippen LogP contribution is 2.51. The Labute approximate surface area is 297 Å². The van der Waals surface area contributed by atoms with Crippen LogP contribution in [0.5, 0.6) is 5.75 Å². The molecule has 0 fully saturated rings. The molecule has 5 nitrogen and oxygen atoms in total. The number of alkyl halides is 3. The normalized spacial score (nSPS) is 12.9. The fourth-order valence-corrected chi connectivity index (χ4v) is 6.98. The van der Waals surface area contributed by atoms with Crippen LogP contribution in [0.15, 0.2) is 152 Å². The van der Waals surface area contributed by atoms with Crippen LogP contribution < -0.4 is 14.0 Å². The molecular weight excluding hydrogens is 670 g/mol. The van der Waals surface area contributed by atoms with Gasteiger partial charge in [-0.1, -0.05) is 113 Å². The fraction of sp³-hybridized carbons (Fsp3) is 0.143. The number of rotatable bonds is 8. The molecule has 0 aromatic heterocycles. The van der Waals surface area contributed by atoms with Crippen LogP contribution >= 0.6 is 0 Å². The van der Waals surface area contributed by atoms with Crippen molar-refractivity contribution in [3.05, 3.63) is 163 Å². The highest BCUT2D eigenvalue weighted by atomic mass is 32.2. The minimum absolute atomic E-state index is 0.0938. The topological polar surface area (TPSA) is 49.9 Å². The second kappa shape index (κ2) is 14.0. The Bertz CT molecular complexity index is 2200. The van der Waals surface area contributed by atoms with Gasteiger partial charge in [0.25, 0.3) is 0 Å². The quantitative estimate of drug-likeness (QED) is 0.116. The summed E-state index contributed by atoms with van der Waals surface area (Å²) in [5.41, 5.74) is 2.25. The molecule has 0 spiro atoms. The number of hydrogen-bond acceptors (Lipinski definition) is 5. The summed E-state index contributed by atoms with van der Waals surface area (Å²) in [6.45, 7) is 8.40. The van der Waals surface area contributed by atoms with Crippen LogP contribution in [0.4, 0.5) is 47.3 Å². The van der Waals surface area contributed by atoms with Gasteiger partial charge in [0.2, 0.25) is 0 Å². The molecule has 0 heterocycles. The lowest BCUT2D eigenvalue weighted by molar-refractivity contribution is -0.0499. The summed E-state index contributed by atoms with van der Waals surface area (Å²) in [4.78, 5) is 3.67.